The quantitative estimate of drug-likeness (QED) is 0.305. The van der Waals surface area contributed by atoms with Crippen LogP contribution in [-0.2, 0) is 9.47 Å². The lowest BCUT2D eigenvalue weighted by molar-refractivity contribution is 0.0176. The van der Waals surface area contributed by atoms with E-state index in [0.29, 0.717) is 17.9 Å². The van der Waals surface area contributed by atoms with Crippen molar-refractivity contribution in [1.82, 2.24) is 9.80 Å². The maximum absolute atomic E-state index is 12.8. The number of amides is 2. The van der Waals surface area contributed by atoms with E-state index >= 15 is 0 Å². The Morgan fingerprint density at radius 2 is 1.31 bits per heavy atom. The van der Waals surface area contributed by atoms with E-state index in [2.05, 4.69) is 61.2 Å². The van der Waals surface area contributed by atoms with Crippen LogP contribution < -0.4 is 0 Å². The van der Waals surface area contributed by atoms with Gasteiger partial charge in [0, 0.05) is 19.1 Å². The Labute approximate surface area is 270 Å². The lowest BCUT2D eigenvalue weighted by Gasteiger charge is -2.31. The monoisotopic (exact) mass is 612 g/mol. The lowest BCUT2D eigenvalue weighted by atomic mass is 9.91. The van der Waals surface area contributed by atoms with Gasteiger partial charge in [0.2, 0.25) is 0 Å². The molecule has 242 valence electrons. The highest BCUT2D eigenvalue weighted by molar-refractivity contribution is 5.75. The van der Waals surface area contributed by atoms with Crippen LogP contribution >= 0.6 is 0 Å². The van der Waals surface area contributed by atoms with E-state index < -0.39 is 11.2 Å². The minimum atomic E-state index is -0.499. The highest BCUT2D eigenvalue weighted by Gasteiger charge is 2.40. The van der Waals surface area contributed by atoms with Crippen molar-refractivity contribution in [2.75, 3.05) is 13.1 Å². The smallest absolute Gasteiger partial charge is 0.410 e. The van der Waals surface area contributed by atoms with Crippen LogP contribution in [0.5, 0.6) is 0 Å². The van der Waals surface area contributed by atoms with Crippen molar-refractivity contribution in [1.29, 1.82) is 0 Å². The molecule has 2 heterocycles. The van der Waals surface area contributed by atoms with Crippen molar-refractivity contribution in [3.63, 3.8) is 0 Å². The lowest BCUT2D eigenvalue weighted by Crippen LogP contribution is -2.42. The summed E-state index contributed by atoms with van der Waals surface area (Å²) in [7, 11) is 0. The molecule has 6 nitrogen and oxygen atoms in total. The Kier molecular flexibility index (Phi) is 9.81. The number of hydrogen-bond donors (Lipinski definition) is 0. The summed E-state index contributed by atoms with van der Waals surface area (Å²) in [4.78, 5) is 29.3. The van der Waals surface area contributed by atoms with Gasteiger partial charge in [-0.05, 0) is 126 Å². The van der Waals surface area contributed by atoms with Gasteiger partial charge in [-0.15, -0.1) is 0 Å². The van der Waals surface area contributed by atoms with E-state index in [1.807, 2.05) is 57.4 Å². The van der Waals surface area contributed by atoms with Crippen LogP contribution in [0.25, 0.3) is 16.7 Å². The van der Waals surface area contributed by atoms with Crippen molar-refractivity contribution in [3.8, 4) is 11.1 Å². The first kappa shape index (κ1) is 32.8. The molecule has 0 radical (unpaired) electrons. The molecule has 45 heavy (non-hydrogen) atoms. The van der Waals surface area contributed by atoms with E-state index in [0.717, 1.165) is 62.8 Å². The molecule has 3 aliphatic rings. The maximum atomic E-state index is 12.8. The Morgan fingerprint density at radius 1 is 0.756 bits per heavy atom. The second-order valence-electron chi connectivity index (χ2n) is 15.1. The van der Waals surface area contributed by atoms with Gasteiger partial charge < -0.3 is 19.3 Å². The molecule has 0 N–H and O–H groups in total. The van der Waals surface area contributed by atoms with Crippen molar-refractivity contribution in [2.45, 2.75) is 116 Å². The number of likely N-dealkylation sites (tertiary alicyclic amines) is 2. The zero-order valence-corrected chi connectivity index (χ0v) is 28.2. The van der Waals surface area contributed by atoms with Crippen molar-refractivity contribution >= 4 is 17.8 Å². The summed E-state index contributed by atoms with van der Waals surface area (Å²) in [5.41, 5.74) is 4.81. The summed E-state index contributed by atoms with van der Waals surface area (Å²) >= 11 is 0. The highest BCUT2D eigenvalue weighted by Crippen LogP contribution is 2.44. The number of benzene rings is 2. The average Bonchev–Trinajstić information content (AvgIpc) is 3.75. The fourth-order valence-electron chi connectivity index (χ4n) is 7.19. The molecular formula is C39H52N2O4. The molecule has 3 fully saturated rings. The first-order valence-corrected chi connectivity index (χ1v) is 16.8. The van der Waals surface area contributed by atoms with Gasteiger partial charge in [0.15, 0.2) is 0 Å². The van der Waals surface area contributed by atoms with Gasteiger partial charge in [-0.2, -0.15) is 0 Å². The van der Waals surface area contributed by atoms with Crippen LogP contribution in [0.15, 0.2) is 67.3 Å². The zero-order chi connectivity index (χ0) is 32.4. The molecule has 2 aromatic rings. The number of ether oxygens (including phenoxy) is 2. The van der Waals surface area contributed by atoms with Crippen LogP contribution in [0.1, 0.15) is 104 Å². The molecule has 2 aliphatic heterocycles. The van der Waals surface area contributed by atoms with Crippen LogP contribution in [0.2, 0.25) is 0 Å². The van der Waals surface area contributed by atoms with Gasteiger partial charge in [0.05, 0.1) is 6.04 Å². The molecule has 1 aliphatic carbocycles. The Morgan fingerprint density at radius 3 is 1.93 bits per heavy atom. The third-order valence-corrected chi connectivity index (χ3v) is 9.36. The van der Waals surface area contributed by atoms with E-state index in [1.54, 1.807) is 0 Å². The van der Waals surface area contributed by atoms with Gasteiger partial charge in [-0.25, -0.2) is 9.59 Å². The van der Waals surface area contributed by atoms with Crippen LogP contribution in [0.3, 0.4) is 0 Å². The molecule has 2 saturated heterocycles. The van der Waals surface area contributed by atoms with Gasteiger partial charge >= 0.3 is 12.2 Å². The summed E-state index contributed by atoms with van der Waals surface area (Å²) < 4.78 is 11.3. The number of allylic oxidation sites excluding steroid dienone is 2. The van der Waals surface area contributed by atoms with Crippen LogP contribution in [-0.4, -0.2) is 58.4 Å². The van der Waals surface area contributed by atoms with E-state index in [9.17, 15) is 9.59 Å². The van der Waals surface area contributed by atoms with Gasteiger partial charge in [0.1, 0.15) is 11.2 Å². The molecule has 2 amide bonds. The van der Waals surface area contributed by atoms with Gasteiger partial charge in [-0.3, -0.25) is 0 Å². The SMILES string of the molecule is C=C(C=C[C@@H]1CCCN1C(=O)OC(C)(C)C)c1ccc(-c2ccc(C3CCC([C@@H]4CCCN4C(=O)OC(C)(C)C)C3)cc2)cc1. The summed E-state index contributed by atoms with van der Waals surface area (Å²) in [5.74, 6) is 1.07. The summed E-state index contributed by atoms with van der Waals surface area (Å²) in [6.07, 6.45) is 11.2. The second-order valence-corrected chi connectivity index (χ2v) is 15.1. The Hall–Kier alpha value is -3.54. The molecular weight excluding hydrogens is 560 g/mol. The number of carbonyl (C=O) groups excluding carboxylic acids is 2. The predicted octanol–water partition coefficient (Wildman–Crippen LogP) is 9.61. The third kappa shape index (κ3) is 8.39. The minimum absolute atomic E-state index is 0.0339. The topological polar surface area (TPSA) is 59.1 Å². The first-order valence-electron chi connectivity index (χ1n) is 16.8. The molecule has 4 atom stereocenters. The van der Waals surface area contributed by atoms with Crippen molar-refractivity contribution < 1.29 is 19.1 Å². The van der Waals surface area contributed by atoms with E-state index in [-0.39, 0.29) is 18.2 Å². The normalized spacial score (nSPS) is 24.0. The molecule has 5 rings (SSSR count). The number of rotatable bonds is 6. The van der Waals surface area contributed by atoms with Crippen LogP contribution in [0, 0.1) is 5.92 Å². The first-order chi connectivity index (χ1) is 21.3. The fourth-order valence-corrected chi connectivity index (χ4v) is 7.19. The molecule has 0 spiro atoms. The average molecular weight is 613 g/mol. The standard InChI is InChI=1S/C39H52N2O4/c1-27(12-23-34-10-8-24-40(34)36(42)44-38(2,3)4)28-13-15-29(16-14-28)30-17-19-31(20-18-30)32-21-22-33(26-32)35-11-9-25-41(35)37(43)45-39(5,6)7/h12-20,23,32-35H,1,8-11,21-22,24-26H2,2-7H3/t32?,33?,34-,35-/m0/s1. The summed E-state index contributed by atoms with van der Waals surface area (Å²) in [6.45, 7) is 17.3. The number of hydrogen-bond acceptors (Lipinski definition) is 4. The highest BCUT2D eigenvalue weighted by atomic mass is 16.6. The molecule has 0 bridgehead atoms. The summed E-state index contributed by atoms with van der Waals surface area (Å²) in [6, 6.07) is 17.9. The summed E-state index contributed by atoms with van der Waals surface area (Å²) in [5, 5.41) is 0. The third-order valence-electron chi connectivity index (χ3n) is 9.36. The minimum Gasteiger partial charge on any atom is -0.444 e. The molecule has 1 saturated carbocycles. The molecule has 0 aromatic heterocycles. The van der Waals surface area contributed by atoms with Crippen molar-refractivity contribution in [3.05, 3.63) is 78.4 Å². The Bertz CT molecular complexity index is 1380. The molecule has 2 aromatic carbocycles. The maximum Gasteiger partial charge on any atom is 0.410 e. The fraction of sp³-hybridized carbons (Fsp3) is 0.538. The van der Waals surface area contributed by atoms with Crippen LogP contribution in [0.4, 0.5) is 9.59 Å². The predicted molar refractivity (Wildman–Crippen MR) is 182 cm³/mol. The second kappa shape index (κ2) is 13.4. The number of nitrogens with zero attached hydrogens (tertiary/aromatic N) is 2. The Balaban J connectivity index is 1.16. The van der Waals surface area contributed by atoms with Gasteiger partial charge in [0.25, 0.3) is 0 Å². The van der Waals surface area contributed by atoms with E-state index in [4.69, 9.17) is 9.47 Å². The molecule has 2 unspecified atom stereocenters. The van der Waals surface area contributed by atoms with Crippen molar-refractivity contribution in [2.24, 2.45) is 5.92 Å². The molecule has 6 heteroatoms. The largest absolute Gasteiger partial charge is 0.444 e. The zero-order valence-electron chi connectivity index (χ0n) is 28.2. The van der Waals surface area contributed by atoms with Gasteiger partial charge in [-0.1, -0.05) is 67.3 Å². The van der Waals surface area contributed by atoms with E-state index in [1.165, 1.54) is 23.1 Å². The number of carbonyl (C=O) groups is 2.